The van der Waals surface area contributed by atoms with Gasteiger partial charge in [0.05, 0.1) is 12.1 Å². The lowest BCUT2D eigenvalue weighted by Gasteiger charge is -2.09. The van der Waals surface area contributed by atoms with Crippen molar-refractivity contribution >= 4 is 28.5 Å². The molecule has 0 radical (unpaired) electrons. The van der Waals surface area contributed by atoms with Crippen molar-refractivity contribution in [3.63, 3.8) is 0 Å². The first kappa shape index (κ1) is 12.8. The van der Waals surface area contributed by atoms with E-state index in [9.17, 15) is 4.79 Å². The summed E-state index contributed by atoms with van der Waals surface area (Å²) >= 11 is 6.01. The Balaban J connectivity index is 2.14. The zero-order valence-electron chi connectivity index (χ0n) is 10.1. The minimum absolute atomic E-state index is 0.351. The van der Waals surface area contributed by atoms with Crippen LogP contribution in [-0.2, 0) is 16.0 Å². The van der Waals surface area contributed by atoms with Gasteiger partial charge in [-0.25, -0.2) is 0 Å². The van der Waals surface area contributed by atoms with E-state index in [4.69, 9.17) is 16.3 Å². The standard InChI is InChI=1S/C14H14ClNO2/c1-2-18-14(17)12(15)9-10-5-6-13-11(8-10)4-3-7-16-13/h3-8,12H,2,9H2,1H3. The Kier molecular flexibility index (Phi) is 4.15. The maximum atomic E-state index is 11.4. The molecule has 0 saturated heterocycles. The molecule has 0 fully saturated rings. The lowest BCUT2D eigenvalue weighted by molar-refractivity contribution is -0.142. The fourth-order valence-corrected chi connectivity index (χ4v) is 2.02. The lowest BCUT2D eigenvalue weighted by atomic mass is 10.1. The number of alkyl halides is 1. The van der Waals surface area contributed by atoms with Crippen LogP contribution in [-0.4, -0.2) is 22.9 Å². The fraction of sp³-hybridized carbons (Fsp3) is 0.286. The van der Waals surface area contributed by atoms with E-state index in [1.165, 1.54) is 0 Å². The molecule has 1 aromatic heterocycles. The molecule has 0 bridgehead atoms. The van der Waals surface area contributed by atoms with Crippen molar-refractivity contribution in [1.29, 1.82) is 0 Å². The summed E-state index contributed by atoms with van der Waals surface area (Å²) in [6.07, 6.45) is 2.22. The van der Waals surface area contributed by atoms with Crippen LogP contribution in [0.25, 0.3) is 10.9 Å². The van der Waals surface area contributed by atoms with Gasteiger partial charge in [-0.15, -0.1) is 11.6 Å². The molecule has 2 aromatic rings. The van der Waals surface area contributed by atoms with Crippen molar-refractivity contribution in [3.8, 4) is 0 Å². The molecule has 1 unspecified atom stereocenters. The van der Waals surface area contributed by atoms with Crippen molar-refractivity contribution in [2.45, 2.75) is 18.7 Å². The third kappa shape index (κ3) is 2.99. The van der Waals surface area contributed by atoms with Gasteiger partial charge in [-0.3, -0.25) is 9.78 Å². The molecule has 0 aliphatic carbocycles. The first-order valence-corrected chi connectivity index (χ1v) is 6.28. The molecule has 94 valence electrons. The number of benzene rings is 1. The Morgan fingerprint density at radius 3 is 3.06 bits per heavy atom. The van der Waals surface area contributed by atoms with Gasteiger partial charge in [-0.05, 0) is 37.1 Å². The first-order valence-electron chi connectivity index (χ1n) is 5.85. The Bertz CT molecular complexity index is 556. The molecule has 0 amide bonds. The normalized spacial score (nSPS) is 12.3. The van der Waals surface area contributed by atoms with Crippen LogP contribution in [0.15, 0.2) is 36.5 Å². The van der Waals surface area contributed by atoms with Gasteiger partial charge in [0.2, 0.25) is 0 Å². The molecule has 1 atom stereocenters. The second kappa shape index (κ2) is 5.83. The van der Waals surface area contributed by atoms with E-state index in [2.05, 4.69) is 4.98 Å². The van der Waals surface area contributed by atoms with Gasteiger partial charge >= 0.3 is 5.97 Å². The van der Waals surface area contributed by atoms with E-state index in [1.807, 2.05) is 30.3 Å². The summed E-state index contributed by atoms with van der Waals surface area (Å²) in [6, 6.07) is 9.73. The van der Waals surface area contributed by atoms with E-state index in [1.54, 1.807) is 13.1 Å². The first-order chi connectivity index (χ1) is 8.70. The van der Waals surface area contributed by atoms with Crippen molar-refractivity contribution in [2.75, 3.05) is 6.61 Å². The molecule has 3 nitrogen and oxygen atoms in total. The molecular formula is C14H14ClNO2. The van der Waals surface area contributed by atoms with Crippen LogP contribution in [0.3, 0.4) is 0 Å². The summed E-state index contributed by atoms with van der Waals surface area (Å²) in [7, 11) is 0. The highest BCUT2D eigenvalue weighted by Crippen LogP contribution is 2.16. The average molecular weight is 264 g/mol. The van der Waals surface area contributed by atoms with Gasteiger partial charge in [-0.2, -0.15) is 0 Å². The number of carbonyl (C=O) groups is 1. The Morgan fingerprint density at radius 1 is 1.44 bits per heavy atom. The molecule has 1 aromatic carbocycles. The number of pyridine rings is 1. The Hall–Kier alpha value is -1.61. The van der Waals surface area contributed by atoms with Crippen LogP contribution in [0.1, 0.15) is 12.5 Å². The van der Waals surface area contributed by atoms with Crippen molar-refractivity contribution < 1.29 is 9.53 Å². The molecule has 0 aliphatic heterocycles. The largest absolute Gasteiger partial charge is 0.465 e. The van der Waals surface area contributed by atoms with Crippen molar-refractivity contribution in [1.82, 2.24) is 4.98 Å². The summed E-state index contributed by atoms with van der Waals surface area (Å²) < 4.78 is 4.88. The van der Waals surface area contributed by atoms with Gasteiger partial charge in [0, 0.05) is 11.6 Å². The van der Waals surface area contributed by atoms with Gasteiger partial charge in [0.15, 0.2) is 0 Å². The quantitative estimate of drug-likeness (QED) is 0.629. The maximum absolute atomic E-state index is 11.4. The highest BCUT2D eigenvalue weighted by molar-refractivity contribution is 6.30. The summed E-state index contributed by atoms with van der Waals surface area (Å²) in [5.41, 5.74) is 1.94. The number of fused-ring (bicyclic) bond motifs is 1. The van der Waals surface area contributed by atoms with Crippen molar-refractivity contribution in [3.05, 3.63) is 42.1 Å². The maximum Gasteiger partial charge on any atom is 0.324 e. The van der Waals surface area contributed by atoms with E-state index in [0.29, 0.717) is 13.0 Å². The number of ether oxygens (including phenoxy) is 1. The number of nitrogens with zero attached hydrogens (tertiary/aromatic N) is 1. The van der Waals surface area contributed by atoms with Gasteiger partial charge < -0.3 is 4.74 Å². The Morgan fingerprint density at radius 2 is 2.28 bits per heavy atom. The van der Waals surface area contributed by atoms with E-state index in [-0.39, 0.29) is 5.97 Å². The second-order valence-electron chi connectivity index (χ2n) is 3.95. The number of hydrogen-bond donors (Lipinski definition) is 0. The molecule has 0 saturated carbocycles. The zero-order valence-corrected chi connectivity index (χ0v) is 10.9. The minimum atomic E-state index is -0.640. The van der Waals surface area contributed by atoms with Crippen LogP contribution in [0.2, 0.25) is 0 Å². The number of carbonyl (C=O) groups excluding carboxylic acids is 1. The van der Waals surface area contributed by atoms with Crippen LogP contribution in [0.4, 0.5) is 0 Å². The van der Waals surface area contributed by atoms with Crippen LogP contribution >= 0.6 is 11.6 Å². The summed E-state index contributed by atoms with van der Waals surface area (Å²) in [6.45, 7) is 2.12. The van der Waals surface area contributed by atoms with E-state index >= 15 is 0 Å². The highest BCUT2D eigenvalue weighted by atomic mass is 35.5. The number of halogens is 1. The van der Waals surface area contributed by atoms with E-state index < -0.39 is 5.38 Å². The minimum Gasteiger partial charge on any atom is -0.465 e. The molecular weight excluding hydrogens is 250 g/mol. The van der Waals surface area contributed by atoms with Gasteiger partial charge in [-0.1, -0.05) is 12.1 Å². The average Bonchev–Trinajstić information content (AvgIpc) is 2.39. The molecule has 0 spiro atoms. The van der Waals surface area contributed by atoms with Crippen LogP contribution in [0.5, 0.6) is 0 Å². The SMILES string of the molecule is CCOC(=O)C(Cl)Cc1ccc2ncccc2c1. The zero-order chi connectivity index (χ0) is 13.0. The molecule has 4 heteroatoms. The highest BCUT2D eigenvalue weighted by Gasteiger charge is 2.17. The summed E-state index contributed by atoms with van der Waals surface area (Å²) in [5, 5.41) is 0.404. The van der Waals surface area contributed by atoms with Gasteiger partial charge in [0.25, 0.3) is 0 Å². The topological polar surface area (TPSA) is 39.2 Å². The van der Waals surface area contributed by atoms with Crippen molar-refractivity contribution in [2.24, 2.45) is 0 Å². The number of esters is 1. The molecule has 0 N–H and O–H groups in total. The Labute approximate surface area is 111 Å². The van der Waals surface area contributed by atoms with Gasteiger partial charge in [0.1, 0.15) is 5.38 Å². The molecule has 18 heavy (non-hydrogen) atoms. The third-order valence-electron chi connectivity index (χ3n) is 2.62. The van der Waals surface area contributed by atoms with Crippen LogP contribution < -0.4 is 0 Å². The summed E-state index contributed by atoms with van der Waals surface area (Å²) in [5.74, 6) is -0.370. The monoisotopic (exact) mass is 263 g/mol. The van der Waals surface area contributed by atoms with Crippen LogP contribution in [0, 0.1) is 0 Å². The smallest absolute Gasteiger partial charge is 0.324 e. The fourth-order valence-electron chi connectivity index (χ4n) is 1.78. The predicted octanol–water partition coefficient (Wildman–Crippen LogP) is 2.95. The van der Waals surface area contributed by atoms with E-state index in [0.717, 1.165) is 16.5 Å². The number of rotatable bonds is 4. The predicted molar refractivity (Wildman–Crippen MR) is 71.7 cm³/mol. The second-order valence-corrected chi connectivity index (χ2v) is 4.48. The molecule has 1 heterocycles. The molecule has 2 rings (SSSR count). The third-order valence-corrected chi connectivity index (χ3v) is 2.96. The lowest BCUT2D eigenvalue weighted by Crippen LogP contribution is -2.20. The number of aromatic nitrogens is 1. The summed E-state index contributed by atoms with van der Waals surface area (Å²) in [4.78, 5) is 15.7. The molecule has 0 aliphatic rings. The number of hydrogen-bond acceptors (Lipinski definition) is 3.